The van der Waals surface area contributed by atoms with Crippen LogP contribution in [0, 0.1) is 35.0 Å². The second kappa shape index (κ2) is 5.37. The first-order chi connectivity index (χ1) is 12.0. The molecular formula is C20H30O6. The number of aliphatic hydroxyl groups excluding tert-OH is 2. The number of carbonyl (C=O) groups excluding carboxylic acids is 2. The summed E-state index contributed by atoms with van der Waals surface area (Å²) in [6.07, 6.45) is -0.683. The molecule has 3 saturated carbocycles. The molecule has 0 unspecified atom stereocenters. The van der Waals surface area contributed by atoms with Crippen molar-refractivity contribution in [3.05, 3.63) is 0 Å². The summed E-state index contributed by atoms with van der Waals surface area (Å²) in [7, 11) is 0. The van der Waals surface area contributed by atoms with Gasteiger partial charge in [-0.1, -0.05) is 20.8 Å². The second-order valence-corrected chi connectivity index (χ2v) is 9.87. The van der Waals surface area contributed by atoms with Crippen LogP contribution in [0.4, 0.5) is 0 Å². The van der Waals surface area contributed by atoms with Crippen molar-refractivity contribution in [3.8, 4) is 0 Å². The molecule has 6 nitrogen and oxygen atoms in total. The summed E-state index contributed by atoms with van der Waals surface area (Å²) in [5.74, 6) is -2.89. The van der Waals surface area contributed by atoms with Crippen molar-refractivity contribution in [2.75, 3.05) is 6.61 Å². The van der Waals surface area contributed by atoms with Gasteiger partial charge in [0, 0.05) is 0 Å². The third-order valence-corrected chi connectivity index (χ3v) is 8.05. The monoisotopic (exact) mass is 366 g/mol. The van der Waals surface area contributed by atoms with Gasteiger partial charge in [0.2, 0.25) is 0 Å². The molecular weight excluding hydrogens is 336 g/mol. The van der Waals surface area contributed by atoms with E-state index in [-0.39, 0.29) is 35.4 Å². The summed E-state index contributed by atoms with van der Waals surface area (Å²) in [4.78, 5) is 25.9. The van der Waals surface area contributed by atoms with E-state index in [0.29, 0.717) is 13.0 Å². The van der Waals surface area contributed by atoms with E-state index in [1.54, 1.807) is 6.92 Å². The summed E-state index contributed by atoms with van der Waals surface area (Å²) >= 11 is 0. The number of rotatable bonds is 1. The standard InChI is InChI=1S/C20H30O6/c1-9-7-20(25)14(15(9)22)17(24)19(8-26-19)6-5-11-13(18(11,3)4)12(10(2)21)16(20)23/h9,11-15,17,22,24-25H,5-8H2,1-4H3/t9-,11-,12-,13-,14+,15-,17+,19-,20+/m0/s1. The van der Waals surface area contributed by atoms with Crippen LogP contribution in [0.2, 0.25) is 0 Å². The van der Waals surface area contributed by atoms with Crippen LogP contribution in [0.25, 0.3) is 0 Å². The lowest BCUT2D eigenvalue weighted by Gasteiger charge is -2.38. The zero-order valence-electron chi connectivity index (χ0n) is 15.9. The van der Waals surface area contributed by atoms with E-state index >= 15 is 0 Å². The van der Waals surface area contributed by atoms with Gasteiger partial charge < -0.3 is 20.1 Å². The molecule has 1 saturated heterocycles. The molecule has 0 aromatic rings. The molecule has 6 heteroatoms. The largest absolute Gasteiger partial charge is 0.392 e. The van der Waals surface area contributed by atoms with Gasteiger partial charge in [-0.25, -0.2) is 0 Å². The molecule has 4 rings (SSSR count). The number of carbonyl (C=O) groups is 2. The van der Waals surface area contributed by atoms with Crippen LogP contribution >= 0.6 is 0 Å². The molecule has 3 N–H and O–H groups in total. The van der Waals surface area contributed by atoms with E-state index < -0.39 is 41.0 Å². The Balaban J connectivity index is 1.81. The van der Waals surface area contributed by atoms with E-state index in [1.807, 2.05) is 0 Å². The summed E-state index contributed by atoms with van der Waals surface area (Å²) < 4.78 is 5.61. The molecule has 1 spiro atoms. The lowest BCUT2D eigenvalue weighted by Crippen LogP contribution is -2.57. The van der Waals surface area contributed by atoms with E-state index in [2.05, 4.69) is 13.8 Å². The Labute approximate surface area is 153 Å². The predicted molar refractivity (Wildman–Crippen MR) is 92.1 cm³/mol. The van der Waals surface area contributed by atoms with E-state index in [1.165, 1.54) is 6.92 Å². The quantitative estimate of drug-likeness (QED) is 0.466. The van der Waals surface area contributed by atoms with Gasteiger partial charge in [0.25, 0.3) is 0 Å². The third-order valence-electron chi connectivity index (χ3n) is 8.05. The van der Waals surface area contributed by atoms with Crippen LogP contribution in [-0.2, 0) is 14.3 Å². The highest BCUT2D eigenvalue weighted by Gasteiger charge is 2.71. The summed E-state index contributed by atoms with van der Waals surface area (Å²) in [6, 6.07) is 0. The number of hydrogen-bond donors (Lipinski definition) is 3. The molecule has 3 aliphatic carbocycles. The average molecular weight is 366 g/mol. The zero-order chi connectivity index (χ0) is 19.2. The second-order valence-electron chi connectivity index (χ2n) is 9.87. The molecule has 0 bridgehead atoms. The van der Waals surface area contributed by atoms with Gasteiger partial charge in [0.1, 0.15) is 17.0 Å². The molecule has 146 valence electrons. The maximum atomic E-state index is 13.5. The highest BCUT2D eigenvalue weighted by Crippen LogP contribution is 2.66. The molecule has 0 radical (unpaired) electrons. The molecule has 0 aromatic heterocycles. The number of hydrogen-bond acceptors (Lipinski definition) is 6. The Morgan fingerprint density at radius 2 is 1.85 bits per heavy atom. The minimum absolute atomic E-state index is 0.0619. The Kier molecular flexibility index (Phi) is 3.83. The topological polar surface area (TPSA) is 107 Å². The van der Waals surface area contributed by atoms with Crippen LogP contribution in [-0.4, -0.2) is 56.9 Å². The highest BCUT2D eigenvalue weighted by atomic mass is 16.6. The molecule has 4 aliphatic rings. The number of aliphatic hydroxyl groups is 3. The normalized spacial score (nSPS) is 55.2. The number of Topliss-reactive ketones (excluding diaryl/α,β-unsaturated/α-hetero) is 2. The predicted octanol–water partition coefficient (Wildman–Crippen LogP) is 0.705. The Bertz CT molecular complexity index is 653. The van der Waals surface area contributed by atoms with Crippen LogP contribution in [0.5, 0.6) is 0 Å². The zero-order valence-corrected chi connectivity index (χ0v) is 15.9. The van der Waals surface area contributed by atoms with Gasteiger partial charge in [0.15, 0.2) is 5.78 Å². The van der Waals surface area contributed by atoms with E-state index in [9.17, 15) is 24.9 Å². The lowest BCUT2D eigenvalue weighted by molar-refractivity contribution is -0.162. The van der Waals surface area contributed by atoms with Gasteiger partial charge in [-0.15, -0.1) is 0 Å². The number of fused-ring (bicyclic) bond motifs is 2. The van der Waals surface area contributed by atoms with Gasteiger partial charge in [-0.2, -0.15) is 0 Å². The van der Waals surface area contributed by atoms with Gasteiger partial charge in [-0.3, -0.25) is 9.59 Å². The first-order valence-corrected chi connectivity index (χ1v) is 9.74. The van der Waals surface area contributed by atoms with Crippen LogP contribution in [0.15, 0.2) is 0 Å². The number of ketones is 2. The molecule has 0 aromatic carbocycles. The van der Waals surface area contributed by atoms with Gasteiger partial charge in [-0.05, 0) is 49.4 Å². The minimum Gasteiger partial charge on any atom is -0.392 e. The first kappa shape index (κ1) is 18.5. The van der Waals surface area contributed by atoms with E-state index in [4.69, 9.17) is 4.74 Å². The lowest BCUT2D eigenvalue weighted by atomic mass is 9.71. The van der Waals surface area contributed by atoms with Crippen molar-refractivity contribution in [2.24, 2.45) is 35.0 Å². The highest BCUT2D eigenvalue weighted by molar-refractivity contribution is 6.06. The smallest absolute Gasteiger partial charge is 0.175 e. The molecule has 4 fully saturated rings. The van der Waals surface area contributed by atoms with Crippen molar-refractivity contribution < 1.29 is 29.6 Å². The number of epoxide rings is 1. The maximum absolute atomic E-state index is 13.5. The fourth-order valence-electron chi connectivity index (χ4n) is 6.25. The van der Waals surface area contributed by atoms with Crippen LogP contribution in [0.3, 0.4) is 0 Å². The Hall–Kier alpha value is -0.820. The minimum atomic E-state index is -1.89. The Morgan fingerprint density at radius 3 is 2.38 bits per heavy atom. The van der Waals surface area contributed by atoms with E-state index in [0.717, 1.165) is 6.42 Å². The maximum Gasteiger partial charge on any atom is 0.175 e. The van der Waals surface area contributed by atoms with Crippen LogP contribution < -0.4 is 0 Å². The number of ether oxygens (including phenoxy) is 1. The molecule has 1 aliphatic heterocycles. The average Bonchev–Trinajstić information content (AvgIpc) is 3.39. The van der Waals surface area contributed by atoms with Crippen molar-refractivity contribution in [1.82, 2.24) is 0 Å². The fraction of sp³-hybridized carbons (Fsp3) is 0.900. The van der Waals surface area contributed by atoms with Gasteiger partial charge >= 0.3 is 0 Å². The summed E-state index contributed by atoms with van der Waals surface area (Å²) in [6.45, 7) is 7.68. The SMILES string of the molecule is CC(=O)[C@@H]1C(=O)[C@@]2(O)C[C@H](C)[C@H](O)[C@@H]2[C@@H](O)[C@]2(CC[C@H]3[C@@H]1C3(C)C)CO2. The van der Waals surface area contributed by atoms with Crippen molar-refractivity contribution in [1.29, 1.82) is 0 Å². The fourth-order valence-corrected chi connectivity index (χ4v) is 6.25. The molecule has 1 heterocycles. The Morgan fingerprint density at radius 1 is 1.23 bits per heavy atom. The molecule has 0 amide bonds. The van der Waals surface area contributed by atoms with Crippen molar-refractivity contribution in [3.63, 3.8) is 0 Å². The molecule has 26 heavy (non-hydrogen) atoms. The third kappa shape index (κ3) is 2.25. The van der Waals surface area contributed by atoms with Crippen LogP contribution in [0.1, 0.15) is 47.0 Å². The van der Waals surface area contributed by atoms with Crippen molar-refractivity contribution in [2.45, 2.75) is 70.4 Å². The molecule has 9 atom stereocenters. The van der Waals surface area contributed by atoms with Crippen molar-refractivity contribution >= 4 is 11.6 Å². The first-order valence-electron chi connectivity index (χ1n) is 9.74. The van der Waals surface area contributed by atoms with Gasteiger partial charge in [0.05, 0.1) is 30.7 Å². The summed E-state index contributed by atoms with van der Waals surface area (Å²) in [5.41, 5.74) is -2.84. The summed E-state index contributed by atoms with van der Waals surface area (Å²) in [5, 5.41) is 33.1.